The van der Waals surface area contributed by atoms with E-state index in [2.05, 4.69) is 4.99 Å². The van der Waals surface area contributed by atoms with Gasteiger partial charge in [-0.1, -0.05) is 24.7 Å². The van der Waals surface area contributed by atoms with Gasteiger partial charge in [-0.2, -0.15) is 4.99 Å². The Hall–Kier alpha value is -2.48. The van der Waals surface area contributed by atoms with E-state index in [0.29, 0.717) is 22.3 Å². The molecule has 2 aromatic rings. The van der Waals surface area contributed by atoms with E-state index in [9.17, 15) is 14.4 Å². The number of carbonyl (C=O) groups excluding carboxylic acids is 3. The van der Waals surface area contributed by atoms with Gasteiger partial charge >= 0.3 is 11.9 Å². The number of carbonyl (C=O) groups is 3. The Balaban J connectivity index is 2.52. The molecule has 1 amide bonds. The van der Waals surface area contributed by atoms with Crippen LogP contribution in [0.15, 0.2) is 23.2 Å². The zero-order valence-electron chi connectivity index (χ0n) is 15.1. The molecule has 140 valence electrons. The van der Waals surface area contributed by atoms with Crippen LogP contribution in [0.25, 0.3) is 10.2 Å². The number of methoxy groups -OCH3 is 1. The van der Waals surface area contributed by atoms with Gasteiger partial charge in [-0.3, -0.25) is 9.59 Å². The minimum atomic E-state index is -0.443. The number of aromatic nitrogens is 1. The average Bonchev–Trinajstić information content (AvgIpc) is 2.96. The van der Waals surface area contributed by atoms with Crippen LogP contribution in [0.2, 0.25) is 0 Å². The Bertz CT molecular complexity index is 881. The Morgan fingerprint density at radius 3 is 2.65 bits per heavy atom. The third kappa shape index (κ3) is 4.78. The van der Waals surface area contributed by atoms with Crippen molar-refractivity contribution in [2.45, 2.75) is 39.7 Å². The van der Waals surface area contributed by atoms with Crippen LogP contribution in [0.1, 0.15) is 43.5 Å². The smallest absolute Gasteiger partial charge is 0.338 e. The van der Waals surface area contributed by atoms with E-state index in [0.717, 1.165) is 17.5 Å². The molecule has 8 heteroatoms. The highest BCUT2D eigenvalue weighted by Gasteiger charge is 2.14. The van der Waals surface area contributed by atoms with Crippen molar-refractivity contribution in [1.29, 1.82) is 0 Å². The van der Waals surface area contributed by atoms with Crippen LogP contribution in [0, 0.1) is 0 Å². The molecule has 0 radical (unpaired) electrons. The highest BCUT2D eigenvalue weighted by molar-refractivity contribution is 7.16. The molecule has 0 unspecified atom stereocenters. The van der Waals surface area contributed by atoms with Crippen LogP contribution in [-0.2, 0) is 25.6 Å². The molecule has 0 aliphatic carbocycles. The van der Waals surface area contributed by atoms with Crippen molar-refractivity contribution >= 4 is 39.4 Å². The van der Waals surface area contributed by atoms with Gasteiger partial charge in [0.05, 0.1) is 29.5 Å². The first-order valence-corrected chi connectivity index (χ1v) is 9.26. The molecule has 0 bridgehead atoms. The number of benzene rings is 1. The van der Waals surface area contributed by atoms with Crippen LogP contribution in [-0.4, -0.2) is 36.1 Å². The SMILES string of the molecule is CCCCC(=O)N=c1sc2cc(C(=O)OCC)ccc2n1CC(=O)OC. The van der Waals surface area contributed by atoms with Gasteiger partial charge in [-0.05, 0) is 31.5 Å². The largest absolute Gasteiger partial charge is 0.468 e. The first kappa shape index (κ1) is 19.8. The summed E-state index contributed by atoms with van der Waals surface area (Å²) in [6.07, 6.45) is 2.02. The van der Waals surface area contributed by atoms with Gasteiger partial charge in [-0.25, -0.2) is 4.79 Å². The quantitative estimate of drug-likeness (QED) is 0.691. The number of thiazole rings is 1. The predicted molar refractivity (Wildman–Crippen MR) is 97.9 cm³/mol. The molecule has 1 aromatic carbocycles. The van der Waals surface area contributed by atoms with E-state index in [-0.39, 0.29) is 19.1 Å². The summed E-state index contributed by atoms with van der Waals surface area (Å²) < 4.78 is 12.1. The van der Waals surface area contributed by atoms with Crippen molar-refractivity contribution in [3.63, 3.8) is 0 Å². The number of rotatable bonds is 7. The Kier molecular flexibility index (Phi) is 7.08. The van der Waals surface area contributed by atoms with Crippen molar-refractivity contribution in [2.75, 3.05) is 13.7 Å². The zero-order valence-corrected chi connectivity index (χ0v) is 15.9. The molecule has 0 aliphatic rings. The molecule has 1 aromatic heterocycles. The maximum atomic E-state index is 12.1. The van der Waals surface area contributed by atoms with Crippen molar-refractivity contribution in [1.82, 2.24) is 4.57 Å². The third-order valence-electron chi connectivity index (χ3n) is 3.67. The molecule has 1 heterocycles. The normalized spacial score (nSPS) is 11.6. The van der Waals surface area contributed by atoms with E-state index in [4.69, 9.17) is 9.47 Å². The average molecular weight is 378 g/mol. The topological polar surface area (TPSA) is 87.0 Å². The summed E-state index contributed by atoms with van der Waals surface area (Å²) in [7, 11) is 1.31. The van der Waals surface area contributed by atoms with E-state index in [1.54, 1.807) is 29.7 Å². The number of ether oxygens (including phenoxy) is 2. The summed E-state index contributed by atoms with van der Waals surface area (Å²) >= 11 is 1.25. The first-order chi connectivity index (χ1) is 12.5. The molecular formula is C18H22N2O5S. The highest BCUT2D eigenvalue weighted by Crippen LogP contribution is 2.20. The molecule has 0 N–H and O–H groups in total. The lowest BCUT2D eigenvalue weighted by atomic mass is 10.2. The number of nitrogens with zero attached hydrogens (tertiary/aromatic N) is 2. The van der Waals surface area contributed by atoms with E-state index >= 15 is 0 Å². The van der Waals surface area contributed by atoms with Crippen molar-refractivity contribution in [3.8, 4) is 0 Å². The Morgan fingerprint density at radius 1 is 1.23 bits per heavy atom. The van der Waals surface area contributed by atoms with Gasteiger partial charge in [0.15, 0.2) is 4.80 Å². The zero-order chi connectivity index (χ0) is 19.1. The fourth-order valence-electron chi connectivity index (χ4n) is 2.34. The van der Waals surface area contributed by atoms with Crippen molar-refractivity contribution in [3.05, 3.63) is 28.6 Å². The number of amides is 1. The van der Waals surface area contributed by atoms with E-state index in [1.165, 1.54) is 18.4 Å². The van der Waals surface area contributed by atoms with Crippen LogP contribution in [0.4, 0.5) is 0 Å². The van der Waals surface area contributed by atoms with Gasteiger partial charge in [0, 0.05) is 6.42 Å². The maximum Gasteiger partial charge on any atom is 0.338 e. The molecule has 7 nitrogen and oxygen atoms in total. The molecule has 0 fully saturated rings. The molecular weight excluding hydrogens is 356 g/mol. The predicted octanol–water partition coefficient (Wildman–Crippen LogP) is 2.67. The monoisotopic (exact) mass is 378 g/mol. The maximum absolute atomic E-state index is 12.1. The van der Waals surface area contributed by atoms with Crippen LogP contribution >= 0.6 is 11.3 Å². The third-order valence-corrected chi connectivity index (χ3v) is 4.71. The van der Waals surface area contributed by atoms with Gasteiger partial charge in [-0.15, -0.1) is 0 Å². The van der Waals surface area contributed by atoms with Crippen LogP contribution < -0.4 is 4.80 Å². The lowest BCUT2D eigenvalue weighted by molar-refractivity contribution is -0.141. The van der Waals surface area contributed by atoms with Gasteiger partial charge in [0.2, 0.25) is 5.91 Å². The fourth-order valence-corrected chi connectivity index (χ4v) is 3.42. The summed E-state index contributed by atoms with van der Waals surface area (Å²) in [4.78, 5) is 40.3. The second-order valence-corrected chi connectivity index (χ2v) is 6.57. The van der Waals surface area contributed by atoms with E-state index < -0.39 is 11.9 Å². The molecule has 2 rings (SSSR count). The second kappa shape index (κ2) is 9.28. The molecule has 0 atom stereocenters. The molecule has 0 spiro atoms. The summed E-state index contributed by atoms with van der Waals surface area (Å²) in [5, 5.41) is 0. The minimum absolute atomic E-state index is 0.0604. The summed E-state index contributed by atoms with van der Waals surface area (Å²) in [5.41, 5.74) is 1.12. The lowest BCUT2D eigenvalue weighted by Crippen LogP contribution is -2.22. The standard InChI is InChI=1S/C18H22N2O5S/c1-4-6-7-15(21)19-18-20(11-16(22)24-3)13-9-8-12(10-14(13)26-18)17(23)25-5-2/h8-10H,4-7,11H2,1-3H3. The Morgan fingerprint density at radius 2 is 2.00 bits per heavy atom. The van der Waals surface area contributed by atoms with E-state index in [1.807, 2.05) is 6.92 Å². The first-order valence-electron chi connectivity index (χ1n) is 8.45. The number of fused-ring (bicyclic) bond motifs is 1. The fraction of sp³-hybridized carbons (Fsp3) is 0.444. The summed E-state index contributed by atoms with van der Waals surface area (Å²) in [6.45, 7) is 3.97. The molecule has 0 saturated carbocycles. The van der Waals surface area contributed by atoms with Crippen LogP contribution in [0.3, 0.4) is 0 Å². The highest BCUT2D eigenvalue weighted by atomic mass is 32.1. The summed E-state index contributed by atoms with van der Waals surface area (Å²) in [5.74, 6) is -1.09. The number of hydrogen-bond donors (Lipinski definition) is 0. The van der Waals surface area contributed by atoms with Gasteiger partial charge < -0.3 is 14.0 Å². The second-order valence-electron chi connectivity index (χ2n) is 5.56. The van der Waals surface area contributed by atoms with Gasteiger partial charge in [0.1, 0.15) is 6.54 Å². The molecule has 26 heavy (non-hydrogen) atoms. The minimum Gasteiger partial charge on any atom is -0.468 e. The number of hydrogen-bond acceptors (Lipinski definition) is 6. The van der Waals surface area contributed by atoms with Gasteiger partial charge in [0.25, 0.3) is 0 Å². The number of unbranched alkanes of at least 4 members (excludes halogenated alkanes) is 1. The van der Waals surface area contributed by atoms with Crippen LogP contribution in [0.5, 0.6) is 0 Å². The summed E-state index contributed by atoms with van der Waals surface area (Å²) in [6, 6.07) is 5.03. The Labute approximate surface area is 155 Å². The lowest BCUT2D eigenvalue weighted by Gasteiger charge is -2.05. The van der Waals surface area contributed by atoms with Crippen molar-refractivity contribution < 1.29 is 23.9 Å². The molecule has 0 aliphatic heterocycles. The molecule has 0 saturated heterocycles. The van der Waals surface area contributed by atoms with Crippen molar-refractivity contribution in [2.24, 2.45) is 4.99 Å². The number of esters is 2.